The van der Waals surface area contributed by atoms with Gasteiger partial charge in [-0.05, 0) is 31.2 Å². The fraction of sp³-hybridized carbons (Fsp3) is 0.200. The summed E-state index contributed by atoms with van der Waals surface area (Å²) < 4.78 is 0. The molecule has 1 aromatic heterocycles. The van der Waals surface area contributed by atoms with E-state index in [1.807, 2.05) is 19.1 Å². The Morgan fingerprint density at radius 3 is 2.76 bits per heavy atom. The molecule has 1 aliphatic rings. The molecule has 6 heteroatoms. The first-order valence-corrected chi connectivity index (χ1v) is 7.35. The highest BCUT2D eigenvalue weighted by atomic mass is 35.5. The summed E-state index contributed by atoms with van der Waals surface area (Å²) in [5, 5.41) is 0.867. The Kier molecular flexibility index (Phi) is 3.74. The van der Waals surface area contributed by atoms with E-state index < -0.39 is 0 Å². The number of hydrogen-bond acceptors (Lipinski definition) is 2. The molecule has 0 radical (unpaired) electrons. The maximum atomic E-state index is 12.7. The van der Waals surface area contributed by atoms with Crippen molar-refractivity contribution in [1.29, 1.82) is 0 Å². The van der Waals surface area contributed by atoms with E-state index >= 15 is 0 Å². The lowest BCUT2D eigenvalue weighted by molar-refractivity contribution is 0.204. The quantitative estimate of drug-likeness (QED) is 0.817. The first-order chi connectivity index (χ1) is 10.1. The average Bonchev–Trinajstić information content (AvgIpc) is 2.49. The fourth-order valence-corrected chi connectivity index (χ4v) is 2.66. The van der Waals surface area contributed by atoms with Crippen molar-refractivity contribution >= 4 is 40.7 Å². The SMILES string of the molecule is CCN1Cc2cccnc2N(c2ccc(Cl)c(Cl)c2)C1=O. The highest BCUT2D eigenvalue weighted by Gasteiger charge is 2.31. The summed E-state index contributed by atoms with van der Waals surface area (Å²) >= 11 is 12.0. The van der Waals surface area contributed by atoms with E-state index in [-0.39, 0.29) is 6.03 Å². The maximum Gasteiger partial charge on any atom is 0.330 e. The van der Waals surface area contributed by atoms with E-state index in [4.69, 9.17) is 23.2 Å². The third-order valence-electron chi connectivity index (χ3n) is 3.45. The minimum absolute atomic E-state index is 0.109. The van der Waals surface area contributed by atoms with Gasteiger partial charge < -0.3 is 4.90 Å². The fourth-order valence-electron chi connectivity index (χ4n) is 2.36. The van der Waals surface area contributed by atoms with E-state index in [9.17, 15) is 4.79 Å². The van der Waals surface area contributed by atoms with Crippen LogP contribution in [0.25, 0.3) is 0 Å². The lowest BCUT2D eigenvalue weighted by Crippen LogP contribution is -2.45. The average molecular weight is 322 g/mol. The second-order valence-electron chi connectivity index (χ2n) is 4.72. The molecule has 0 N–H and O–H groups in total. The van der Waals surface area contributed by atoms with Crippen molar-refractivity contribution in [2.45, 2.75) is 13.5 Å². The Hall–Kier alpha value is -1.78. The molecular formula is C15H13Cl2N3O. The second-order valence-corrected chi connectivity index (χ2v) is 5.53. The molecule has 1 aliphatic heterocycles. The van der Waals surface area contributed by atoms with Crippen molar-refractivity contribution in [2.75, 3.05) is 11.4 Å². The molecule has 2 aromatic rings. The van der Waals surface area contributed by atoms with Gasteiger partial charge in [-0.2, -0.15) is 0 Å². The smallest absolute Gasteiger partial charge is 0.320 e. The molecule has 0 spiro atoms. The van der Waals surface area contributed by atoms with E-state index in [2.05, 4.69) is 4.98 Å². The van der Waals surface area contributed by atoms with Gasteiger partial charge in [0.05, 0.1) is 22.3 Å². The number of halogens is 2. The number of carbonyl (C=O) groups excluding carboxylic acids is 1. The van der Waals surface area contributed by atoms with Gasteiger partial charge in [-0.3, -0.25) is 0 Å². The zero-order chi connectivity index (χ0) is 15.0. The van der Waals surface area contributed by atoms with Gasteiger partial charge in [0.25, 0.3) is 0 Å². The maximum absolute atomic E-state index is 12.7. The summed E-state index contributed by atoms with van der Waals surface area (Å²) in [5.41, 5.74) is 1.66. The van der Waals surface area contributed by atoms with Gasteiger partial charge >= 0.3 is 6.03 Å². The first kappa shape index (κ1) is 14.2. The number of nitrogens with zero attached hydrogens (tertiary/aromatic N) is 3. The normalized spacial score (nSPS) is 14.3. The Morgan fingerprint density at radius 1 is 1.24 bits per heavy atom. The molecule has 0 fully saturated rings. The number of amides is 2. The molecule has 1 aromatic carbocycles. The van der Waals surface area contributed by atoms with E-state index in [0.29, 0.717) is 34.6 Å². The minimum atomic E-state index is -0.109. The van der Waals surface area contributed by atoms with Gasteiger partial charge in [-0.15, -0.1) is 0 Å². The van der Waals surface area contributed by atoms with Crippen LogP contribution in [0.2, 0.25) is 10.0 Å². The van der Waals surface area contributed by atoms with E-state index in [1.165, 1.54) is 0 Å². The molecule has 0 saturated carbocycles. The van der Waals surface area contributed by atoms with Crippen LogP contribution in [0, 0.1) is 0 Å². The Balaban J connectivity index is 2.14. The number of carbonyl (C=O) groups is 1. The molecule has 0 bridgehead atoms. The lowest BCUT2D eigenvalue weighted by atomic mass is 10.1. The molecule has 2 heterocycles. The van der Waals surface area contributed by atoms with Crippen LogP contribution in [0.15, 0.2) is 36.5 Å². The van der Waals surface area contributed by atoms with Gasteiger partial charge in [0.2, 0.25) is 0 Å². The molecule has 0 aliphatic carbocycles. The number of benzene rings is 1. The lowest BCUT2D eigenvalue weighted by Gasteiger charge is -2.35. The van der Waals surface area contributed by atoms with Crippen LogP contribution in [0.4, 0.5) is 16.3 Å². The number of aromatic nitrogens is 1. The van der Waals surface area contributed by atoms with Crippen LogP contribution in [0.3, 0.4) is 0 Å². The third-order valence-corrected chi connectivity index (χ3v) is 4.18. The number of fused-ring (bicyclic) bond motifs is 1. The van der Waals surface area contributed by atoms with Crippen molar-refractivity contribution in [3.05, 3.63) is 52.1 Å². The zero-order valence-electron chi connectivity index (χ0n) is 11.4. The molecule has 4 nitrogen and oxygen atoms in total. The van der Waals surface area contributed by atoms with Crippen LogP contribution in [0.5, 0.6) is 0 Å². The van der Waals surface area contributed by atoms with Gasteiger partial charge in [-0.1, -0.05) is 29.3 Å². The topological polar surface area (TPSA) is 36.4 Å². The molecule has 21 heavy (non-hydrogen) atoms. The highest BCUT2D eigenvalue weighted by Crippen LogP contribution is 2.35. The summed E-state index contributed by atoms with van der Waals surface area (Å²) in [6, 6.07) is 8.86. The van der Waals surface area contributed by atoms with Crippen molar-refractivity contribution in [3.8, 4) is 0 Å². The summed E-state index contributed by atoms with van der Waals surface area (Å²) in [7, 11) is 0. The molecule has 2 amide bonds. The third kappa shape index (κ3) is 2.45. The van der Waals surface area contributed by atoms with Crippen LogP contribution in [0.1, 0.15) is 12.5 Å². The van der Waals surface area contributed by atoms with Gasteiger partial charge in [0.15, 0.2) is 0 Å². The van der Waals surface area contributed by atoms with Crippen LogP contribution in [-0.2, 0) is 6.54 Å². The number of rotatable bonds is 2. The summed E-state index contributed by atoms with van der Waals surface area (Å²) in [6.07, 6.45) is 1.68. The van der Waals surface area contributed by atoms with Crippen molar-refractivity contribution in [2.24, 2.45) is 0 Å². The predicted octanol–water partition coefficient (Wildman–Crippen LogP) is 4.48. The van der Waals surface area contributed by atoms with E-state index in [1.54, 1.807) is 34.2 Å². The molecule has 0 unspecified atom stereocenters. The first-order valence-electron chi connectivity index (χ1n) is 6.59. The minimum Gasteiger partial charge on any atom is -0.320 e. The monoisotopic (exact) mass is 321 g/mol. The molecule has 3 rings (SSSR count). The molecule has 0 saturated heterocycles. The van der Waals surface area contributed by atoms with Crippen molar-refractivity contribution in [3.63, 3.8) is 0 Å². The van der Waals surface area contributed by atoms with Gasteiger partial charge in [0, 0.05) is 18.3 Å². The summed E-state index contributed by atoms with van der Waals surface area (Å²) in [5.74, 6) is 0.644. The van der Waals surface area contributed by atoms with Gasteiger partial charge in [-0.25, -0.2) is 14.7 Å². The van der Waals surface area contributed by atoms with Crippen LogP contribution >= 0.6 is 23.2 Å². The number of hydrogen-bond donors (Lipinski definition) is 0. The number of pyridine rings is 1. The molecule has 0 atom stereocenters. The zero-order valence-corrected chi connectivity index (χ0v) is 12.9. The van der Waals surface area contributed by atoms with Crippen molar-refractivity contribution in [1.82, 2.24) is 9.88 Å². The Bertz CT molecular complexity index is 705. The second kappa shape index (κ2) is 5.54. The van der Waals surface area contributed by atoms with Crippen molar-refractivity contribution < 1.29 is 4.79 Å². The summed E-state index contributed by atoms with van der Waals surface area (Å²) in [4.78, 5) is 20.3. The number of anilines is 2. The predicted molar refractivity (Wildman–Crippen MR) is 84.3 cm³/mol. The van der Waals surface area contributed by atoms with Crippen LogP contribution in [-0.4, -0.2) is 22.5 Å². The van der Waals surface area contributed by atoms with Crippen LogP contribution < -0.4 is 4.90 Å². The Labute approximate surface area is 132 Å². The van der Waals surface area contributed by atoms with Gasteiger partial charge in [0.1, 0.15) is 5.82 Å². The number of urea groups is 1. The highest BCUT2D eigenvalue weighted by molar-refractivity contribution is 6.42. The molecule has 108 valence electrons. The summed E-state index contributed by atoms with van der Waals surface area (Å²) in [6.45, 7) is 3.15. The molecular weight excluding hydrogens is 309 g/mol. The van der Waals surface area contributed by atoms with E-state index in [0.717, 1.165) is 5.56 Å². The Morgan fingerprint density at radius 2 is 2.05 bits per heavy atom. The largest absolute Gasteiger partial charge is 0.330 e. The standard InChI is InChI=1S/C15H13Cl2N3O/c1-2-19-9-10-4-3-7-18-14(10)20(15(19)21)11-5-6-12(16)13(17)8-11/h3-8H,2,9H2,1H3.